The van der Waals surface area contributed by atoms with E-state index in [1.54, 1.807) is 7.11 Å². The van der Waals surface area contributed by atoms with Crippen LogP contribution in [-0.2, 0) is 0 Å². The van der Waals surface area contributed by atoms with E-state index in [1.165, 1.54) is 16.3 Å². The van der Waals surface area contributed by atoms with Crippen LogP contribution in [0.1, 0.15) is 37.2 Å². The Kier molecular flexibility index (Phi) is 3.43. The molecular weight excluding hydrogens is 236 g/mol. The van der Waals surface area contributed by atoms with Gasteiger partial charge in [-0.25, -0.2) is 0 Å². The van der Waals surface area contributed by atoms with E-state index in [0.29, 0.717) is 5.92 Å². The van der Waals surface area contributed by atoms with E-state index in [0.717, 1.165) is 31.4 Å². The molecule has 1 aliphatic rings. The minimum absolute atomic E-state index is 0.0824. The van der Waals surface area contributed by atoms with Crippen LogP contribution in [0.25, 0.3) is 10.8 Å². The molecule has 3 rings (SSSR count). The summed E-state index contributed by atoms with van der Waals surface area (Å²) in [5.41, 5.74) is 1.41. The molecular formula is C17H20O2. The summed E-state index contributed by atoms with van der Waals surface area (Å²) in [6, 6.07) is 12.9. The molecule has 1 aliphatic carbocycles. The number of benzene rings is 2. The third-order valence-corrected chi connectivity index (χ3v) is 4.24. The van der Waals surface area contributed by atoms with Crippen molar-refractivity contribution in [1.82, 2.24) is 0 Å². The summed E-state index contributed by atoms with van der Waals surface area (Å²) in [6.07, 6.45) is 3.99. The Morgan fingerprint density at radius 1 is 0.947 bits per heavy atom. The van der Waals surface area contributed by atoms with Gasteiger partial charge in [-0.05, 0) is 60.1 Å². The molecule has 0 atom stereocenters. The molecule has 2 aromatic carbocycles. The average Bonchev–Trinajstić information content (AvgIpc) is 2.47. The third-order valence-electron chi connectivity index (χ3n) is 4.24. The summed E-state index contributed by atoms with van der Waals surface area (Å²) in [7, 11) is 1.70. The first kappa shape index (κ1) is 12.5. The fourth-order valence-corrected chi connectivity index (χ4v) is 3.03. The van der Waals surface area contributed by atoms with Crippen LogP contribution >= 0.6 is 0 Å². The predicted octanol–water partition coefficient (Wildman–Crippen LogP) is 3.87. The van der Waals surface area contributed by atoms with E-state index in [9.17, 15) is 5.11 Å². The quantitative estimate of drug-likeness (QED) is 0.884. The molecule has 0 heterocycles. The van der Waals surface area contributed by atoms with Crippen molar-refractivity contribution in [2.75, 3.05) is 7.11 Å². The summed E-state index contributed by atoms with van der Waals surface area (Å²) >= 11 is 0. The minimum Gasteiger partial charge on any atom is -0.497 e. The molecule has 2 nitrogen and oxygen atoms in total. The number of aliphatic hydroxyl groups is 1. The van der Waals surface area contributed by atoms with Gasteiger partial charge in [-0.15, -0.1) is 0 Å². The van der Waals surface area contributed by atoms with Crippen molar-refractivity contribution in [1.29, 1.82) is 0 Å². The molecule has 0 spiro atoms. The van der Waals surface area contributed by atoms with Crippen LogP contribution in [0.5, 0.6) is 5.75 Å². The van der Waals surface area contributed by atoms with Gasteiger partial charge < -0.3 is 9.84 Å². The third kappa shape index (κ3) is 2.59. The normalized spacial score (nSPS) is 23.5. The van der Waals surface area contributed by atoms with Crippen molar-refractivity contribution in [3.05, 3.63) is 42.0 Å². The van der Waals surface area contributed by atoms with E-state index >= 15 is 0 Å². The summed E-state index contributed by atoms with van der Waals surface area (Å²) in [6.45, 7) is 0. The first-order valence-corrected chi connectivity index (χ1v) is 7.02. The van der Waals surface area contributed by atoms with Gasteiger partial charge in [-0.1, -0.05) is 24.3 Å². The zero-order valence-electron chi connectivity index (χ0n) is 11.3. The second-order valence-electron chi connectivity index (χ2n) is 5.48. The van der Waals surface area contributed by atoms with Gasteiger partial charge in [0.2, 0.25) is 0 Å². The Balaban J connectivity index is 1.89. The van der Waals surface area contributed by atoms with Gasteiger partial charge in [0, 0.05) is 0 Å². The fourth-order valence-electron chi connectivity index (χ4n) is 3.03. The highest BCUT2D eigenvalue weighted by molar-refractivity contribution is 5.84. The number of hydrogen-bond donors (Lipinski definition) is 1. The van der Waals surface area contributed by atoms with Crippen molar-refractivity contribution in [3.8, 4) is 5.75 Å². The number of aliphatic hydroxyl groups excluding tert-OH is 1. The first-order chi connectivity index (χ1) is 9.26. The first-order valence-electron chi connectivity index (χ1n) is 7.02. The van der Waals surface area contributed by atoms with Crippen LogP contribution in [0.3, 0.4) is 0 Å². The highest BCUT2D eigenvalue weighted by Crippen LogP contribution is 2.34. The number of fused-ring (bicyclic) bond motifs is 1. The van der Waals surface area contributed by atoms with Crippen LogP contribution in [0.4, 0.5) is 0 Å². The second kappa shape index (κ2) is 5.22. The number of rotatable bonds is 2. The Bertz CT molecular complexity index is 568. The van der Waals surface area contributed by atoms with Gasteiger partial charge in [-0.3, -0.25) is 0 Å². The van der Waals surface area contributed by atoms with Crippen molar-refractivity contribution in [2.24, 2.45) is 0 Å². The maximum atomic E-state index is 9.59. The Hall–Kier alpha value is -1.54. The Morgan fingerprint density at radius 2 is 1.63 bits per heavy atom. The summed E-state index contributed by atoms with van der Waals surface area (Å²) in [5.74, 6) is 1.51. The molecule has 1 N–H and O–H groups in total. The van der Waals surface area contributed by atoms with E-state index in [-0.39, 0.29) is 6.10 Å². The van der Waals surface area contributed by atoms with Crippen LogP contribution in [-0.4, -0.2) is 18.3 Å². The topological polar surface area (TPSA) is 29.5 Å². The predicted molar refractivity (Wildman–Crippen MR) is 77.7 cm³/mol. The largest absolute Gasteiger partial charge is 0.497 e. The lowest BCUT2D eigenvalue weighted by atomic mass is 9.82. The molecule has 0 saturated heterocycles. The highest BCUT2D eigenvalue weighted by Gasteiger charge is 2.20. The second-order valence-corrected chi connectivity index (χ2v) is 5.48. The minimum atomic E-state index is -0.0824. The average molecular weight is 256 g/mol. The molecule has 0 radical (unpaired) electrons. The van der Waals surface area contributed by atoms with Crippen molar-refractivity contribution in [3.63, 3.8) is 0 Å². The maximum absolute atomic E-state index is 9.59. The van der Waals surface area contributed by atoms with Crippen LogP contribution in [0.2, 0.25) is 0 Å². The van der Waals surface area contributed by atoms with Gasteiger partial charge in [0.1, 0.15) is 5.75 Å². The number of hydrogen-bond acceptors (Lipinski definition) is 2. The fraction of sp³-hybridized carbons (Fsp3) is 0.412. The van der Waals surface area contributed by atoms with Crippen LogP contribution in [0, 0.1) is 0 Å². The van der Waals surface area contributed by atoms with Gasteiger partial charge in [0.25, 0.3) is 0 Å². The molecule has 2 heteroatoms. The molecule has 0 aromatic heterocycles. The van der Waals surface area contributed by atoms with E-state index in [2.05, 4.69) is 30.3 Å². The Morgan fingerprint density at radius 3 is 2.37 bits per heavy atom. The molecule has 1 saturated carbocycles. The summed E-state index contributed by atoms with van der Waals surface area (Å²) < 4.78 is 5.25. The molecule has 19 heavy (non-hydrogen) atoms. The van der Waals surface area contributed by atoms with Crippen molar-refractivity contribution in [2.45, 2.75) is 37.7 Å². The van der Waals surface area contributed by atoms with E-state index < -0.39 is 0 Å². The lowest BCUT2D eigenvalue weighted by molar-refractivity contribution is 0.122. The standard InChI is InChI=1S/C17H20O2/c1-19-17-9-6-14-10-13(2-3-15(14)11-17)12-4-7-16(18)8-5-12/h2-3,6,9-12,16,18H,4-5,7-8H2,1H3. The van der Waals surface area contributed by atoms with E-state index in [4.69, 9.17) is 4.74 Å². The number of ether oxygens (including phenoxy) is 1. The Labute approximate surface area is 114 Å². The molecule has 1 fully saturated rings. The smallest absolute Gasteiger partial charge is 0.119 e. The van der Waals surface area contributed by atoms with Crippen LogP contribution in [0.15, 0.2) is 36.4 Å². The van der Waals surface area contributed by atoms with E-state index in [1.807, 2.05) is 6.07 Å². The molecule has 100 valence electrons. The van der Waals surface area contributed by atoms with Crippen molar-refractivity contribution < 1.29 is 9.84 Å². The molecule has 0 unspecified atom stereocenters. The SMILES string of the molecule is COc1ccc2cc(C3CCC(O)CC3)ccc2c1. The molecule has 0 bridgehead atoms. The van der Waals surface area contributed by atoms with Gasteiger partial charge in [0.15, 0.2) is 0 Å². The molecule has 0 amide bonds. The lowest BCUT2D eigenvalue weighted by Gasteiger charge is -2.25. The van der Waals surface area contributed by atoms with Crippen LogP contribution < -0.4 is 4.74 Å². The maximum Gasteiger partial charge on any atom is 0.119 e. The number of methoxy groups -OCH3 is 1. The highest BCUT2D eigenvalue weighted by atomic mass is 16.5. The molecule has 0 aliphatic heterocycles. The summed E-state index contributed by atoms with van der Waals surface area (Å²) in [5, 5.41) is 12.1. The molecule has 2 aromatic rings. The zero-order chi connectivity index (χ0) is 13.2. The monoisotopic (exact) mass is 256 g/mol. The van der Waals surface area contributed by atoms with Gasteiger partial charge >= 0.3 is 0 Å². The lowest BCUT2D eigenvalue weighted by Crippen LogP contribution is -2.16. The van der Waals surface area contributed by atoms with Gasteiger partial charge in [-0.2, -0.15) is 0 Å². The van der Waals surface area contributed by atoms with Gasteiger partial charge in [0.05, 0.1) is 13.2 Å². The summed E-state index contributed by atoms with van der Waals surface area (Å²) in [4.78, 5) is 0. The zero-order valence-corrected chi connectivity index (χ0v) is 11.3. The van der Waals surface area contributed by atoms with Crippen molar-refractivity contribution >= 4 is 10.8 Å².